The average Bonchev–Trinajstić information content (AvgIpc) is 2.38. The summed E-state index contributed by atoms with van der Waals surface area (Å²) in [6.45, 7) is 3.56. The van der Waals surface area contributed by atoms with Gasteiger partial charge in [-0.25, -0.2) is 0 Å². The monoisotopic (exact) mass is 220 g/mol. The number of benzene rings is 1. The quantitative estimate of drug-likeness (QED) is 0.774. The summed E-state index contributed by atoms with van der Waals surface area (Å²) in [6.07, 6.45) is 0. The van der Waals surface area contributed by atoms with Gasteiger partial charge in [0.25, 0.3) is 0 Å². The summed E-state index contributed by atoms with van der Waals surface area (Å²) in [7, 11) is 1.70. The molecule has 4 heteroatoms. The van der Waals surface area contributed by atoms with Gasteiger partial charge in [0.2, 0.25) is 0 Å². The molecule has 0 aromatic heterocycles. The van der Waals surface area contributed by atoms with Crippen molar-refractivity contribution in [3.05, 3.63) is 18.2 Å². The molecule has 0 bridgehead atoms. The van der Waals surface area contributed by atoms with Gasteiger partial charge in [0, 0.05) is 19.2 Å². The van der Waals surface area contributed by atoms with Gasteiger partial charge in [-0.1, -0.05) is 0 Å². The van der Waals surface area contributed by atoms with E-state index < -0.39 is 0 Å². The van der Waals surface area contributed by atoms with Gasteiger partial charge >= 0.3 is 0 Å². The largest absolute Gasteiger partial charge is 0.497 e. The number of ether oxygens (including phenoxy) is 2. The molecule has 2 aliphatic rings. The molecule has 16 heavy (non-hydrogen) atoms. The minimum Gasteiger partial charge on any atom is -0.497 e. The van der Waals surface area contributed by atoms with Crippen molar-refractivity contribution in [2.24, 2.45) is 0 Å². The van der Waals surface area contributed by atoms with Gasteiger partial charge in [-0.3, -0.25) is 0 Å². The summed E-state index contributed by atoms with van der Waals surface area (Å²) >= 11 is 0. The predicted octanol–water partition coefficient (Wildman–Crippen LogP) is 1.33. The maximum absolute atomic E-state index is 5.49. The Morgan fingerprint density at radius 2 is 2.44 bits per heavy atom. The molecule has 1 N–H and O–H groups in total. The first-order valence-corrected chi connectivity index (χ1v) is 5.65. The third kappa shape index (κ3) is 1.50. The molecule has 0 amide bonds. The lowest BCUT2D eigenvalue weighted by Gasteiger charge is -2.42. The number of nitrogens with one attached hydrogen (secondary N) is 1. The van der Waals surface area contributed by atoms with E-state index in [2.05, 4.69) is 22.3 Å². The van der Waals surface area contributed by atoms with E-state index >= 15 is 0 Å². The summed E-state index contributed by atoms with van der Waals surface area (Å²) in [5, 5.41) is 3.43. The zero-order valence-electron chi connectivity index (χ0n) is 9.40. The Kier molecular flexibility index (Phi) is 2.36. The number of nitrogens with zero attached hydrogens (tertiary/aromatic N) is 1. The van der Waals surface area contributed by atoms with E-state index in [1.54, 1.807) is 7.11 Å². The third-order valence-corrected chi connectivity index (χ3v) is 3.27. The summed E-state index contributed by atoms with van der Waals surface area (Å²) < 4.78 is 10.7. The number of morpholine rings is 1. The number of hydrogen-bond acceptors (Lipinski definition) is 4. The van der Waals surface area contributed by atoms with Crippen molar-refractivity contribution in [3.8, 4) is 5.75 Å². The van der Waals surface area contributed by atoms with E-state index in [1.165, 1.54) is 5.69 Å². The first kappa shape index (κ1) is 9.78. The first-order valence-electron chi connectivity index (χ1n) is 5.65. The molecule has 2 heterocycles. The molecule has 0 radical (unpaired) electrons. The summed E-state index contributed by atoms with van der Waals surface area (Å²) in [5.41, 5.74) is 2.43. The Labute approximate surface area is 95.1 Å². The highest BCUT2D eigenvalue weighted by Gasteiger charge is 2.28. The van der Waals surface area contributed by atoms with Crippen LogP contribution in [0.1, 0.15) is 0 Å². The van der Waals surface area contributed by atoms with Crippen LogP contribution in [0.5, 0.6) is 5.75 Å². The van der Waals surface area contributed by atoms with Gasteiger partial charge in [0.05, 0.1) is 37.7 Å². The lowest BCUT2D eigenvalue weighted by Crippen LogP contribution is -2.51. The van der Waals surface area contributed by atoms with Crippen molar-refractivity contribution < 1.29 is 9.47 Å². The molecule has 3 rings (SSSR count). The molecule has 0 saturated carbocycles. The van der Waals surface area contributed by atoms with Crippen molar-refractivity contribution in [2.75, 3.05) is 43.6 Å². The topological polar surface area (TPSA) is 33.7 Å². The zero-order chi connectivity index (χ0) is 11.0. The Hall–Kier alpha value is -1.42. The molecule has 1 unspecified atom stereocenters. The van der Waals surface area contributed by atoms with Gasteiger partial charge in [0.1, 0.15) is 5.75 Å². The van der Waals surface area contributed by atoms with Crippen molar-refractivity contribution in [1.29, 1.82) is 0 Å². The Morgan fingerprint density at radius 1 is 1.50 bits per heavy atom. The van der Waals surface area contributed by atoms with Gasteiger partial charge in [-0.05, 0) is 12.1 Å². The lowest BCUT2D eigenvalue weighted by molar-refractivity contribution is 0.0964. The second-order valence-corrected chi connectivity index (χ2v) is 4.19. The van der Waals surface area contributed by atoms with Crippen LogP contribution in [0.15, 0.2) is 18.2 Å². The molecule has 0 spiro atoms. The molecule has 86 valence electrons. The summed E-state index contributed by atoms with van der Waals surface area (Å²) in [6, 6.07) is 6.66. The molecule has 1 saturated heterocycles. The van der Waals surface area contributed by atoms with E-state index in [0.29, 0.717) is 6.04 Å². The van der Waals surface area contributed by atoms with Crippen LogP contribution < -0.4 is 15.0 Å². The normalized spacial score (nSPS) is 23.1. The fraction of sp³-hybridized carbons (Fsp3) is 0.500. The molecular formula is C12H16N2O2. The van der Waals surface area contributed by atoms with Gasteiger partial charge < -0.3 is 19.7 Å². The highest BCUT2D eigenvalue weighted by atomic mass is 16.5. The van der Waals surface area contributed by atoms with Crippen molar-refractivity contribution in [1.82, 2.24) is 0 Å². The fourth-order valence-corrected chi connectivity index (χ4v) is 2.40. The van der Waals surface area contributed by atoms with Crippen LogP contribution in [0.4, 0.5) is 11.4 Å². The Morgan fingerprint density at radius 3 is 3.31 bits per heavy atom. The van der Waals surface area contributed by atoms with Gasteiger partial charge in [-0.15, -0.1) is 0 Å². The predicted molar refractivity (Wildman–Crippen MR) is 63.4 cm³/mol. The Balaban J connectivity index is 1.96. The van der Waals surface area contributed by atoms with Crippen molar-refractivity contribution in [3.63, 3.8) is 0 Å². The first-order chi connectivity index (χ1) is 7.88. The van der Waals surface area contributed by atoms with E-state index in [9.17, 15) is 0 Å². The average molecular weight is 220 g/mol. The van der Waals surface area contributed by atoms with Gasteiger partial charge in [0.15, 0.2) is 0 Å². The van der Waals surface area contributed by atoms with Crippen LogP contribution in [-0.4, -0.2) is 39.5 Å². The molecule has 2 aliphatic heterocycles. The fourth-order valence-electron chi connectivity index (χ4n) is 2.40. The standard InChI is InChI=1S/C12H16N2O2/c1-15-10-2-3-12-11(6-10)13-7-9-8-16-5-4-14(9)12/h2-3,6,9,13H,4-5,7-8H2,1H3. The molecular weight excluding hydrogens is 204 g/mol. The molecule has 1 aromatic carbocycles. The van der Waals surface area contributed by atoms with E-state index in [0.717, 1.165) is 37.7 Å². The van der Waals surface area contributed by atoms with Crippen LogP contribution in [0, 0.1) is 0 Å². The minimum absolute atomic E-state index is 0.467. The lowest BCUT2D eigenvalue weighted by atomic mass is 10.1. The minimum atomic E-state index is 0.467. The van der Waals surface area contributed by atoms with Crippen LogP contribution in [0.2, 0.25) is 0 Å². The van der Waals surface area contributed by atoms with E-state index in [1.807, 2.05) is 6.07 Å². The SMILES string of the molecule is COc1ccc2c(c1)NCC1COCCN21. The number of methoxy groups -OCH3 is 1. The number of rotatable bonds is 1. The third-order valence-electron chi connectivity index (χ3n) is 3.27. The molecule has 4 nitrogen and oxygen atoms in total. The number of fused-ring (bicyclic) bond motifs is 3. The molecule has 0 aliphatic carbocycles. The molecule has 1 fully saturated rings. The summed E-state index contributed by atoms with van der Waals surface area (Å²) in [5.74, 6) is 0.901. The highest BCUT2D eigenvalue weighted by molar-refractivity contribution is 5.74. The molecule has 1 atom stereocenters. The van der Waals surface area contributed by atoms with Crippen LogP contribution >= 0.6 is 0 Å². The maximum Gasteiger partial charge on any atom is 0.121 e. The maximum atomic E-state index is 5.49. The number of anilines is 2. The van der Waals surface area contributed by atoms with E-state index in [-0.39, 0.29) is 0 Å². The van der Waals surface area contributed by atoms with Crippen molar-refractivity contribution in [2.45, 2.75) is 6.04 Å². The number of hydrogen-bond donors (Lipinski definition) is 1. The van der Waals surface area contributed by atoms with Crippen molar-refractivity contribution >= 4 is 11.4 Å². The van der Waals surface area contributed by atoms with Crippen LogP contribution in [0.3, 0.4) is 0 Å². The van der Waals surface area contributed by atoms with Crippen LogP contribution in [-0.2, 0) is 4.74 Å². The van der Waals surface area contributed by atoms with Crippen LogP contribution in [0.25, 0.3) is 0 Å². The second-order valence-electron chi connectivity index (χ2n) is 4.19. The smallest absolute Gasteiger partial charge is 0.121 e. The zero-order valence-corrected chi connectivity index (χ0v) is 9.40. The molecule has 1 aromatic rings. The Bertz CT molecular complexity index is 395. The summed E-state index contributed by atoms with van der Waals surface area (Å²) in [4.78, 5) is 2.43. The van der Waals surface area contributed by atoms with E-state index in [4.69, 9.17) is 9.47 Å². The van der Waals surface area contributed by atoms with Gasteiger partial charge in [-0.2, -0.15) is 0 Å². The highest BCUT2D eigenvalue weighted by Crippen LogP contribution is 2.35. The second kappa shape index (κ2) is 3.87.